The van der Waals surface area contributed by atoms with Crippen LogP contribution in [0.15, 0.2) is 12.1 Å². The highest BCUT2D eigenvalue weighted by molar-refractivity contribution is 8.00. The minimum Gasteiger partial charge on any atom is -0.399 e. The lowest BCUT2D eigenvalue weighted by Crippen LogP contribution is -2.13. The predicted octanol–water partition coefficient (Wildman–Crippen LogP) is 2.68. The van der Waals surface area contributed by atoms with Gasteiger partial charge in [0.2, 0.25) is 5.91 Å². The van der Waals surface area contributed by atoms with E-state index in [2.05, 4.69) is 5.32 Å². The molecule has 0 atom stereocenters. The minimum atomic E-state index is -2.96. The molecule has 0 unspecified atom stereocenters. The number of nitrogen functional groups attached to an aromatic ring is 1. The summed E-state index contributed by atoms with van der Waals surface area (Å²) >= 11 is 13.3. The van der Waals surface area contributed by atoms with Crippen molar-refractivity contribution in [3.05, 3.63) is 22.2 Å². The number of rotatable bonds is 7. The molecule has 3 N–H and O–H groups in total. The number of halogens is 2. The number of carbonyl (C=O) groups is 1. The monoisotopic (exact) mass is 370 g/mol. The third-order valence-electron chi connectivity index (χ3n) is 2.40. The van der Waals surface area contributed by atoms with Crippen LogP contribution in [0.2, 0.25) is 10.0 Å². The summed E-state index contributed by atoms with van der Waals surface area (Å²) in [6.45, 7) is 0. The van der Waals surface area contributed by atoms with Crippen molar-refractivity contribution in [2.45, 2.75) is 6.42 Å². The lowest BCUT2D eigenvalue weighted by atomic mass is 10.2. The number of anilines is 2. The van der Waals surface area contributed by atoms with Gasteiger partial charge in [0.15, 0.2) is 0 Å². The van der Waals surface area contributed by atoms with Gasteiger partial charge in [0.25, 0.3) is 0 Å². The fourth-order valence-electron chi connectivity index (χ4n) is 1.39. The first-order chi connectivity index (χ1) is 9.69. The van der Waals surface area contributed by atoms with Crippen LogP contribution in [-0.4, -0.2) is 37.8 Å². The third kappa shape index (κ3) is 7.26. The topological polar surface area (TPSA) is 89.3 Å². The Hall–Kier alpha value is -0.630. The summed E-state index contributed by atoms with van der Waals surface area (Å²) in [6.07, 6.45) is 1.43. The van der Waals surface area contributed by atoms with E-state index in [1.807, 2.05) is 0 Å². The van der Waals surface area contributed by atoms with Crippen molar-refractivity contribution in [3.63, 3.8) is 0 Å². The van der Waals surface area contributed by atoms with Gasteiger partial charge in [0.1, 0.15) is 9.84 Å². The zero-order valence-electron chi connectivity index (χ0n) is 11.4. The SMILES string of the molecule is CS(=O)(=O)CCSCCC(=O)Nc1c(Cl)cc(N)cc1Cl. The van der Waals surface area contributed by atoms with E-state index < -0.39 is 9.84 Å². The number of benzene rings is 1. The van der Waals surface area contributed by atoms with E-state index >= 15 is 0 Å². The van der Waals surface area contributed by atoms with Crippen LogP contribution < -0.4 is 11.1 Å². The van der Waals surface area contributed by atoms with E-state index in [0.29, 0.717) is 22.9 Å². The minimum absolute atomic E-state index is 0.106. The summed E-state index contributed by atoms with van der Waals surface area (Å²) < 4.78 is 21.9. The van der Waals surface area contributed by atoms with Gasteiger partial charge in [-0.05, 0) is 12.1 Å². The van der Waals surface area contributed by atoms with Gasteiger partial charge in [-0.25, -0.2) is 8.42 Å². The van der Waals surface area contributed by atoms with E-state index in [9.17, 15) is 13.2 Å². The van der Waals surface area contributed by atoms with Crippen molar-refractivity contribution in [2.24, 2.45) is 0 Å². The largest absolute Gasteiger partial charge is 0.399 e. The lowest BCUT2D eigenvalue weighted by Gasteiger charge is -2.10. The van der Waals surface area contributed by atoms with E-state index in [-0.39, 0.29) is 28.1 Å². The summed E-state index contributed by atoms with van der Waals surface area (Å²) in [5.74, 6) is 0.853. The molecule has 0 saturated carbocycles. The van der Waals surface area contributed by atoms with Gasteiger partial charge in [-0.1, -0.05) is 23.2 Å². The van der Waals surface area contributed by atoms with E-state index in [1.54, 1.807) is 0 Å². The van der Waals surface area contributed by atoms with Gasteiger partial charge >= 0.3 is 0 Å². The highest BCUT2D eigenvalue weighted by atomic mass is 35.5. The summed E-state index contributed by atoms with van der Waals surface area (Å²) in [5.41, 5.74) is 6.32. The molecule has 1 rings (SSSR count). The molecule has 0 aliphatic carbocycles. The van der Waals surface area contributed by atoms with Crippen LogP contribution in [0.3, 0.4) is 0 Å². The van der Waals surface area contributed by atoms with Crippen molar-refractivity contribution >= 4 is 62.1 Å². The van der Waals surface area contributed by atoms with Crippen molar-refractivity contribution < 1.29 is 13.2 Å². The van der Waals surface area contributed by atoms with Gasteiger partial charge in [0.05, 0.1) is 21.5 Å². The molecule has 118 valence electrons. The highest BCUT2D eigenvalue weighted by Gasteiger charge is 2.11. The van der Waals surface area contributed by atoms with Crippen LogP contribution in [0.25, 0.3) is 0 Å². The normalized spacial score (nSPS) is 11.4. The molecule has 1 amide bonds. The number of hydrogen-bond donors (Lipinski definition) is 2. The maximum atomic E-state index is 11.8. The van der Waals surface area contributed by atoms with Gasteiger partial charge in [0, 0.05) is 29.9 Å². The average Bonchev–Trinajstić information content (AvgIpc) is 2.32. The van der Waals surface area contributed by atoms with Crippen molar-refractivity contribution in [1.82, 2.24) is 0 Å². The quantitative estimate of drug-likeness (QED) is 0.568. The molecule has 5 nitrogen and oxygen atoms in total. The van der Waals surface area contributed by atoms with Crippen LogP contribution in [0.1, 0.15) is 6.42 Å². The molecule has 0 aliphatic rings. The molecule has 0 aromatic heterocycles. The first kappa shape index (κ1) is 18.4. The van der Waals surface area contributed by atoms with Crippen LogP contribution in [0.4, 0.5) is 11.4 Å². The Morgan fingerprint density at radius 3 is 2.38 bits per heavy atom. The Labute approximate surface area is 138 Å². The Morgan fingerprint density at radius 2 is 1.86 bits per heavy atom. The van der Waals surface area contributed by atoms with Crippen molar-refractivity contribution in [2.75, 3.05) is 34.6 Å². The third-order valence-corrected chi connectivity index (χ3v) is 5.19. The fraction of sp³-hybridized carbons (Fsp3) is 0.417. The van der Waals surface area contributed by atoms with Gasteiger partial charge < -0.3 is 11.1 Å². The van der Waals surface area contributed by atoms with Gasteiger partial charge in [-0.2, -0.15) is 11.8 Å². The molecular weight excluding hydrogens is 355 g/mol. The zero-order valence-corrected chi connectivity index (χ0v) is 14.5. The Kier molecular flexibility index (Phi) is 7.12. The molecular formula is C12H16Cl2N2O3S2. The second-order valence-electron chi connectivity index (χ2n) is 4.40. The second-order valence-corrected chi connectivity index (χ2v) is 8.70. The number of thioether (sulfide) groups is 1. The Balaban J connectivity index is 2.41. The van der Waals surface area contributed by atoms with Gasteiger partial charge in [-0.15, -0.1) is 0 Å². The number of amides is 1. The second kappa shape index (κ2) is 8.12. The number of sulfone groups is 1. The summed E-state index contributed by atoms with van der Waals surface area (Å²) in [7, 11) is -2.96. The number of carbonyl (C=O) groups excluding carboxylic acids is 1. The molecule has 1 aromatic rings. The number of nitrogens with two attached hydrogens (primary N) is 1. The number of hydrogen-bond acceptors (Lipinski definition) is 5. The average molecular weight is 371 g/mol. The molecule has 0 radical (unpaired) electrons. The molecule has 0 spiro atoms. The van der Waals surface area contributed by atoms with Crippen LogP contribution >= 0.6 is 35.0 Å². The van der Waals surface area contributed by atoms with E-state index in [0.717, 1.165) is 0 Å². The zero-order chi connectivity index (χ0) is 16.0. The van der Waals surface area contributed by atoms with Crippen molar-refractivity contribution in [1.29, 1.82) is 0 Å². The first-order valence-electron chi connectivity index (χ1n) is 5.99. The van der Waals surface area contributed by atoms with Crippen LogP contribution in [-0.2, 0) is 14.6 Å². The smallest absolute Gasteiger partial charge is 0.225 e. The molecule has 0 bridgehead atoms. The molecule has 21 heavy (non-hydrogen) atoms. The Bertz CT molecular complexity index is 598. The standard InChI is InChI=1S/C12H16Cl2N2O3S2/c1-21(18,19)5-4-20-3-2-11(17)16-12-9(13)6-8(15)7-10(12)14/h6-7H,2-5,15H2,1H3,(H,16,17). The maximum absolute atomic E-state index is 11.8. The van der Waals surface area contributed by atoms with E-state index in [1.165, 1.54) is 30.2 Å². The first-order valence-corrected chi connectivity index (χ1v) is 9.96. The summed E-state index contributed by atoms with van der Waals surface area (Å²) in [5, 5.41) is 3.17. The molecule has 0 heterocycles. The lowest BCUT2D eigenvalue weighted by molar-refractivity contribution is -0.115. The Morgan fingerprint density at radius 1 is 1.29 bits per heavy atom. The molecule has 0 aliphatic heterocycles. The van der Waals surface area contributed by atoms with E-state index in [4.69, 9.17) is 28.9 Å². The van der Waals surface area contributed by atoms with Gasteiger partial charge in [-0.3, -0.25) is 4.79 Å². The summed E-state index contributed by atoms with van der Waals surface area (Å²) in [4.78, 5) is 11.8. The molecule has 9 heteroatoms. The fourth-order valence-corrected chi connectivity index (χ4v) is 4.21. The molecule has 0 fully saturated rings. The number of nitrogens with one attached hydrogen (secondary N) is 1. The highest BCUT2D eigenvalue weighted by Crippen LogP contribution is 2.32. The predicted molar refractivity (Wildman–Crippen MR) is 91.2 cm³/mol. The molecule has 1 aromatic carbocycles. The van der Waals surface area contributed by atoms with Crippen LogP contribution in [0, 0.1) is 0 Å². The van der Waals surface area contributed by atoms with Crippen LogP contribution in [0.5, 0.6) is 0 Å². The maximum Gasteiger partial charge on any atom is 0.225 e. The summed E-state index contributed by atoms with van der Waals surface area (Å²) in [6, 6.07) is 3.01. The van der Waals surface area contributed by atoms with Crippen molar-refractivity contribution in [3.8, 4) is 0 Å². The molecule has 0 saturated heterocycles.